The molecule has 7 nitrogen and oxygen atoms in total. The SMILES string of the molecule is CCC(CC)COCCCc1cccc(-c2csc(NC(=O)c3cc(Cl)c(C=C(C)C(=O)O)c(Cl)c3)n2)c1OC. The second kappa shape index (κ2) is 15.2. The number of carboxylic acid groups (broad SMARTS) is 1. The molecule has 3 rings (SSSR count). The Labute approximate surface area is 249 Å². The fourth-order valence-electron chi connectivity index (χ4n) is 4.12. The van der Waals surface area contributed by atoms with E-state index in [1.807, 2.05) is 23.6 Å². The molecule has 1 heterocycles. The van der Waals surface area contributed by atoms with Gasteiger partial charge in [0.05, 0.1) is 22.8 Å². The number of nitrogens with one attached hydrogen (secondary N) is 1. The Balaban J connectivity index is 1.70. The van der Waals surface area contributed by atoms with Gasteiger partial charge in [-0.25, -0.2) is 9.78 Å². The number of thiazole rings is 1. The third kappa shape index (κ3) is 8.30. The number of halogens is 2. The van der Waals surface area contributed by atoms with E-state index in [0.717, 1.165) is 49.2 Å². The topological polar surface area (TPSA) is 97.8 Å². The Morgan fingerprint density at radius 2 is 1.88 bits per heavy atom. The van der Waals surface area contributed by atoms with Crippen molar-refractivity contribution < 1.29 is 24.2 Å². The lowest BCUT2D eigenvalue weighted by atomic mass is 10.0. The van der Waals surface area contributed by atoms with E-state index in [2.05, 4.69) is 24.1 Å². The lowest BCUT2D eigenvalue weighted by Gasteiger charge is -2.14. The van der Waals surface area contributed by atoms with Gasteiger partial charge in [-0.1, -0.05) is 62.0 Å². The standard InChI is InChI=1S/C30H34Cl2N2O5S/c1-5-19(6-2)16-39-12-8-10-20-9-7-11-22(27(20)38-4)26-17-40-30(33-26)34-28(35)21-14-24(31)23(25(32)15-21)13-18(3)29(36)37/h7,9,11,13-15,17,19H,5-6,8,10,12,16H2,1-4H3,(H,36,37)(H,33,34,35). The van der Waals surface area contributed by atoms with E-state index >= 15 is 0 Å². The number of carboxylic acids is 1. The molecule has 0 radical (unpaired) electrons. The first-order chi connectivity index (χ1) is 19.2. The van der Waals surface area contributed by atoms with Gasteiger partial charge in [0.1, 0.15) is 5.75 Å². The van der Waals surface area contributed by atoms with E-state index in [1.165, 1.54) is 36.5 Å². The van der Waals surface area contributed by atoms with Crippen LogP contribution in [0.25, 0.3) is 17.3 Å². The molecule has 0 aliphatic heterocycles. The molecule has 10 heteroatoms. The number of aliphatic carboxylic acids is 1. The molecule has 2 aromatic carbocycles. The van der Waals surface area contributed by atoms with Crippen LogP contribution in [0.1, 0.15) is 61.5 Å². The van der Waals surface area contributed by atoms with Crippen molar-refractivity contribution in [1.82, 2.24) is 4.98 Å². The van der Waals surface area contributed by atoms with Gasteiger partial charge in [-0.05, 0) is 55.5 Å². The molecule has 40 heavy (non-hydrogen) atoms. The van der Waals surface area contributed by atoms with Gasteiger partial charge in [-0.15, -0.1) is 11.3 Å². The predicted octanol–water partition coefficient (Wildman–Crippen LogP) is 8.25. The smallest absolute Gasteiger partial charge is 0.331 e. The van der Waals surface area contributed by atoms with Crippen LogP contribution in [0.3, 0.4) is 0 Å². The van der Waals surface area contributed by atoms with Crippen LogP contribution in [0.2, 0.25) is 10.0 Å². The maximum atomic E-state index is 12.9. The van der Waals surface area contributed by atoms with E-state index in [4.69, 9.17) is 37.8 Å². The molecule has 0 saturated carbocycles. The van der Waals surface area contributed by atoms with Crippen LogP contribution in [0.5, 0.6) is 5.75 Å². The molecule has 0 fully saturated rings. The van der Waals surface area contributed by atoms with Crippen molar-refractivity contribution in [3.63, 3.8) is 0 Å². The summed E-state index contributed by atoms with van der Waals surface area (Å²) in [6, 6.07) is 8.85. The van der Waals surface area contributed by atoms with Gasteiger partial charge in [0, 0.05) is 40.9 Å². The molecule has 1 amide bonds. The Hall–Kier alpha value is -2.91. The molecule has 0 bridgehead atoms. The number of aryl methyl sites for hydroxylation is 1. The number of benzene rings is 2. The molecule has 0 spiro atoms. The summed E-state index contributed by atoms with van der Waals surface area (Å²) in [6.45, 7) is 7.31. The maximum absolute atomic E-state index is 12.9. The minimum atomic E-state index is -1.09. The van der Waals surface area contributed by atoms with Crippen LogP contribution < -0.4 is 10.1 Å². The van der Waals surface area contributed by atoms with Crippen molar-refractivity contribution in [2.45, 2.75) is 46.5 Å². The number of hydrogen-bond donors (Lipinski definition) is 2. The normalized spacial score (nSPS) is 11.6. The Kier molecular flexibility index (Phi) is 12.0. The molecule has 0 atom stereocenters. The highest BCUT2D eigenvalue weighted by atomic mass is 35.5. The quantitative estimate of drug-likeness (QED) is 0.142. The zero-order valence-corrected chi connectivity index (χ0v) is 25.4. The molecular weight excluding hydrogens is 571 g/mol. The number of nitrogens with zero attached hydrogens (tertiary/aromatic N) is 1. The van der Waals surface area contributed by atoms with Crippen molar-refractivity contribution in [1.29, 1.82) is 0 Å². The summed E-state index contributed by atoms with van der Waals surface area (Å²) in [5.41, 5.74) is 3.22. The summed E-state index contributed by atoms with van der Waals surface area (Å²) in [4.78, 5) is 28.7. The second-order valence-electron chi connectivity index (χ2n) is 9.34. The van der Waals surface area contributed by atoms with Gasteiger partial charge in [-0.3, -0.25) is 10.1 Å². The van der Waals surface area contributed by atoms with Crippen molar-refractivity contribution in [3.8, 4) is 17.0 Å². The van der Waals surface area contributed by atoms with Crippen LogP contribution in [-0.2, 0) is 16.0 Å². The van der Waals surface area contributed by atoms with Crippen LogP contribution in [-0.4, -0.2) is 42.3 Å². The Morgan fingerprint density at radius 3 is 2.50 bits per heavy atom. The first kappa shape index (κ1) is 31.6. The number of hydrogen-bond acceptors (Lipinski definition) is 6. The highest BCUT2D eigenvalue weighted by Crippen LogP contribution is 2.36. The van der Waals surface area contributed by atoms with E-state index < -0.39 is 11.9 Å². The fraction of sp³-hybridized carbons (Fsp3) is 0.367. The Bertz CT molecular complexity index is 1340. The predicted molar refractivity (Wildman–Crippen MR) is 163 cm³/mol. The summed E-state index contributed by atoms with van der Waals surface area (Å²) >= 11 is 13.9. The first-order valence-corrected chi connectivity index (χ1v) is 14.7. The number of carbonyl (C=O) groups excluding carboxylic acids is 1. The summed E-state index contributed by atoms with van der Waals surface area (Å²) in [5, 5.41) is 14.5. The van der Waals surface area contributed by atoms with Gasteiger partial charge >= 0.3 is 5.97 Å². The van der Waals surface area contributed by atoms with Gasteiger partial charge in [-0.2, -0.15) is 0 Å². The molecule has 1 aromatic heterocycles. The molecule has 2 N–H and O–H groups in total. The summed E-state index contributed by atoms with van der Waals surface area (Å²) < 4.78 is 11.6. The van der Waals surface area contributed by atoms with E-state index in [-0.39, 0.29) is 21.2 Å². The summed E-state index contributed by atoms with van der Waals surface area (Å²) in [7, 11) is 1.64. The first-order valence-electron chi connectivity index (χ1n) is 13.1. The van der Waals surface area contributed by atoms with Gasteiger partial charge in [0.2, 0.25) is 0 Å². The number of amides is 1. The fourth-order valence-corrected chi connectivity index (χ4v) is 5.42. The maximum Gasteiger partial charge on any atom is 0.331 e. The highest BCUT2D eigenvalue weighted by Gasteiger charge is 2.17. The minimum Gasteiger partial charge on any atom is -0.496 e. The average Bonchev–Trinajstić information content (AvgIpc) is 3.40. The van der Waals surface area contributed by atoms with Crippen molar-refractivity contribution in [2.24, 2.45) is 5.92 Å². The Morgan fingerprint density at radius 1 is 1.18 bits per heavy atom. The van der Waals surface area contributed by atoms with Crippen molar-refractivity contribution >= 4 is 57.6 Å². The minimum absolute atomic E-state index is 0.0706. The zero-order chi connectivity index (χ0) is 29.2. The summed E-state index contributed by atoms with van der Waals surface area (Å²) in [6.07, 6.45) is 5.31. The number of para-hydroxylation sites is 1. The van der Waals surface area contributed by atoms with Gasteiger partial charge in [0.25, 0.3) is 5.91 Å². The molecular formula is C30H34Cl2N2O5S. The number of methoxy groups -OCH3 is 1. The number of anilines is 1. The molecule has 0 saturated heterocycles. The van der Waals surface area contributed by atoms with E-state index in [9.17, 15) is 9.59 Å². The number of aromatic nitrogens is 1. The molecule has 0 aliphatic rings. The number of carbonyl (C=O) groups is 2. The van der Waals surface area contributed by atoms with E-state index in [1.54, 1.807) is 7.11 Å². The van der Waals surface area contributed by atoms with Crippen LogP contribution in [0, 0.1) is 5.92 Å². The molecule has 3 aromatic rings. The second-order valence-corrected chi connectivity index (χ2v) is 11.0. The van der Waals surface area contributed by atoms with Crippen LogP contribution >= 0.6 is 34.5 Å². The van der Waals surface area contributed by atoms with Gasteiger partial charge < -0.3 is 14.6 Å². The van der Waals surface area contributed by atoms with Crippen molar-refractivity contribution in [3.05, 3.63) is 68.0 Å². The van der Waals surface area contributed by atoms with Crippen LogP contribution in [0.4, 0.5) is 5.13 Å². The third-order valence-electron chi connectivity index (χ3n) is 6.58. The lowest BCUT2D eigenvalue weighted by Crippen LogP contribution is -2.12. The van der Waals surface area contributed by atoms with Crippen molar-refractivity contribution in [2.75, 3.05) is 25.6 Å². The van der Waals surface area contributed by atoms with E-state index in [0.29, 0.717) is 28.9 Å². The number of rotatable bonds is 14. The molecule has 0 unspecified atom stereocenters. The lowest BCUT2D eigenvalue weighted by molar-refractivity contribution is -0.132. The summed E-state index contributed by atoms with van der Waals surface area (Å²) in [5.74, 6) is -0.165. The zero-order valence-electron chi connectivity index (χ0n) is 23.1. The monoisotopic (exact) mass is 604 g/mol. The third-order valence-corrected chi connectivity index (χ3v) is 7.97. The van der Waals surface area contributed by atoms with Crippen LogP contribution in [0.15, 0.2) is 41.3 Å². The number of ether oxygens (including phenoxy) is 2. The van der Waals surface area contributed by atoms with Gasteiger partial charge in [0.15, 0.2) is 5.13 Å². The average molecular weight is 606 g/mol. The highest BCUT2D eigenvalue weighted by molar-refractivity contribution is 7.14. The largest absolute Gasteiger partial charge is 0.496 e. The molecule has 214 valence electrons. The molecule has 0 aliphatic carbocycles.